The van der Waals surface area contributed by atoms with Crippen molar-refractivity contribution < 1.29 is 14.8 Å². The van der Waals surface area contributed by atoms with Gasteiger partial charge in [-0.15, -0.1) is 0 Å². The van der Waals surface area contributed by atoms with Gasteiger partial charge in [0.25, 0.3) is 0 Å². The molecule has 3 nitrogen and oxygen atoms in total. The van der Waals surface area contributed by atoms with Gasteiger partial charge in [-0.25, -0.2) is 0 Å². The summed E-state index contributed by atoms with van der Waals surface area (Å²) in [7, 11) is -1.43. The molecule has 1 aromatic carbocycles. The fourth-order valence-corrected chi connectivity index (χ4v) is 1.42. The molecule has 4 heteroatoms. The Bertz CT molecular complexity index is 313. The summed E-state index contributed by atoms with van der Waals surface area (Å²) in [6, 6.07) is 7.20. The van der Waals surface area contributed by atoms with Gasteiger partial charge in [0.2, 0.25) is 0 Å². The van der Waals surface area contributed by atoms with Crippen molar-refractivity contribution in [1.82, 2.24) is 0 Å². The van der Waals surface area contributed by atoms with E-state index in [0.29, 0.717) is 24.6 Å². The molecule has 16 heavy (non-hydrogen) atoms. The van der Waals surface area contributed by atoms with Crippen molar-refractivity contribution in [3.05, 3.63) is 29.8 Å². The van der Waals surface area contributed by atoms with Crippen LogP contribution in [0.3, 0.4) is 0 Å². The van der Waals surface area contributed by atoms with E-state index in [1.165, 1.54) is 0 Å². The molecule has 1 aromatic rings. The molecular weight excluding hydrogens is 203 g/mol. The third-order valence-electron chi connectivity index (χ3n) is 2.43. The molecule has 0 saturated carbocycles. The molecule has 0 radical (unpaired) electrons. The third kappa shape index (κ3) is 4.35. The lowest BCUT2D eigenvalue weighted by Gasteiger charge is -2.10. The average Bonchev–Trinajstić information content (AvgIpc) is 2.24. The molecular formula is C12H19BO3. The molecule has 0 bridgehead atoms. The van der Waals surface area contributed by atoms with E-state index in [-0.39, 0.29) is 0 Å². The van der Waals surface area contributed by atoms with Gasteiger partial charge >= 0.3 is 7.12 Å². The number of rotatable bonds is 6. The van der Waals surface area contributed by atoms with Crippen LogP contribution < -0.4 is 5.46 Å². The summed E-state index contributed by atoms with van der Waals surface area (Å²) < 4.78 is 5.50. The Morgan fingerprint density at radius 1 is 1.25 bits per heavy atom. The average molecular weight is 222 g/mol. The lowest BCUT2D eigenvalue weighted by atomic mass is 9.77. The molecule has 0 aliphatic carbocycles. The molecule has 0 fully saturated rings. The lowest BCUT2D eigenvalue weighted by molar-refractivity contribution is 0.111. The van der Waals surface area contributed by atoms with Gasteiger partial charge in [0.05, 0.1) is 6.61 Å². The summed E-state index contributed by atoms with van der Waals surface area (Å²) in [6.45, 7) is 5.43. The molecule has 0 aromatic heterocycles. The largest absolute Gasteiger partial charge is 0.488 e. The molecule has 0 aliphatic heterocycles. The van der Waals surface area contributed by atoms with Crippen molar-refractivity contribution in [1.29, 1.82) is 0 Å². The second-order valence-corrected chi connectivity index (χ2v) is 4.31. The van der Waals surface area contributed by atoms with Crippen molar-refractivity contribution in [3.63, 3.8) is 0 Å². The molecule has 0 atom stereocenters. The van der Waals surface area contributed by atoms with Gasteiger partial charge in [-0.2, -0.15) is 0 Å². The maximum absolute atomic E-state index is 9.15. The van der Waals surface area contributed by atoms with Crippen LogP contribution in [0.1, 0.15) is 25.8 Å². The summed E-state index contributed by atoms with van der Waals surface area (Å²) in [5, 5.41) is 18.3. The van der Waals surface area contributed by atoms with Crippen LogP contribution in [0.25, 0.3) is 0 Å². The fraction of sp³-hybridized carbons (Fsp3) is 0.500. The standard InChI is InChI=1S/C12H19BO3/c1-10(2)7-8-16-9-11-5-3-4-6-12(11)13(14)15/h3-6,10,14-15H,7-9H2,1-2H3. The van der Waals surface area contributed by atoms with E-state index < -0.39 is 7.12 Å². The Morgan fingerprint density at radius 3 is 2.56 bits per heavy atom. The molecule has 1 rings (SSSR count). The first kappa shape index (κ1) is 13.2. The molecule has 2 N–H and O–H groups in total. The lowest BCUT2D eigenvalue weighted by Crippen LogP contribution is -2.33. The molecule has 0 amide bonds. The first-order chi connectivity index (χ1) is 7.61. The van der Waals surface area contributed by atoms with Gasteiger partial charge in [-0.05, 0) is 23.4 Å². The Labute approximate surface area is 97.2 Å². The number of hydrogen-bond donors (Lipinski definition) is 2. The van der Waals surface area contributed by atoms with Crippen LogP contribution in [0.2, 0.25) is 0 Å². The van der Waals surface area contributed by atoms with Gasteiger partial charge < -0.3 is 14.8 Å². The number of benzene rings is 1. The molecule has 88 valence electrons. The molecule has 0 unspecified atom stereocenters. The van der Waals surface area contributed by atoms with Crippen molar-refractivity contribution in [3.8, 4) is 0 Å². The predicted molar refractivity (Wildman–Crippen MR) is 65.4 cm³/mol. The molecule has 0 spiro atoms. The van der Waals surface area contributed by atoms with E-state index in [0.717, 1.165) is 12.0 Å². The number of hydrogen-bond acceptors (Lipinski definition) is 3. The van der Waals surface area contributed by atoms with Crippen LogP contribution in [-0.4, -0.2) is 23.8 Å². The van der Waals surface area contributed by atoms with E-state index in [2.05, 4.69) is 13.8 Å². The Morgan fingerprint density at radius 2 is 1.94 bits per heavy atom. The Hall–Kier alpha value is -0.835. The second kappa shape index (κ2) is 6.68. The van der Waals surface area contributed by atoms with E-state index in [9.17, 15) is 0 Å². The third-order valence-corrected chi connectivity index (χ3v) is 2.43. The maximum atomic E-state index is 9.15. The minimum atomic E-state index is -1.43. The highest BCUT2D eigenvalue weighted by Gasteiger charge is 2.14. The predicted octanol–water partition coefficient (Wildman–Crippen LogP) is 0.929. The van der Waals surface area contributed by atoms with Gasteiger partial charge in [0.1, 0.15) is 0 Å². The molecule has 0 saturated heterocycles. The van der Waals surface area contributed by atoms with Crippen molar-refractivity contribution in [2.75, 3.05) is 6.61 Å². The Balaban J connectivity index is 2.47. The topological polar surface area (TPSA) is 49.7 Å². The van der Waals surface area contributed by atoms with E-state index >= 15 is 0 Å². The highest BCUT2D eigenvalue weighted by molar-refractivity contribution is 6.59. The first-order valence-corrected chi connectivity index (χ1v) is 5.63. The minimum Gasteiger partial charge on any atom is -0.423 e. The van der Waals surface area contributed by atoms with Gasteiger partial charge in [0.15, 0.2) is 0 Å². The minimum absolute atomic E-state index is 0.431. The van der Waals surface area contributed by atoms with Gasteiger partial charge in [-0.3, -0.25) is 0 Å². The fourth-order valence-electron chi connectivity index (χ4n) is 1.42. The second-order valence-electron chi connectivity index (χ2n) is 4.31. The smallest absolute Gasteiger partial charge is 0.423 e. The first-order valence-electron chi connectivity index (χ1n) is 5.63. The zero-order valence-electron chi connectivity index (χ0n) is 9.89. The quantitative estimate of drug-likeness (QED) is 0.556. The summed E-state index contributed by atoms with van der Waals surface area (Å²) in [5.74, 6) is 0.624. The summed E-state index contributed by atoms with van der Waals surface area (Å²) >= 11 is 0. The van der Waals surface area contributed by atoms with Gasteiger partial charge in [0, 0.05) is 6.61 Å². The van der Waals surface area contributed by atoms with Crippen LogP contribution in [0.5, 0.6) is 0 Å². The van der Waals surface area contributed by atoms with Crippen molar-refractivity contribution in [2.24, 2.45) is 5.92 Å². The Kier molecular flexibility index (Phi) is 5.53. The summed E-state index contributed by atoms with van der Waals surface area (Å²) in [4.78, 5) is 0. The van der Waals surface area contributed by atoms with Crippen molar-refractivity contribution >= 4 is 12.6 Å². The highest BCUT2D eigenvalue weighted by Crippen LogP contribution is 2.03. The van der Waals surface area contributed by atoms with Crippen LogP contribution in [0.4, 0.5) is 0 Å². The number of ether oxygens (including phenoxy) is 1. The zero-order chi connectivity index (χ0) is 12.0. The van der Waals surface area contributed by atoms with Gasteiger partial charge in [-0.1, -0.05) is 38.1 Å². The van der Waals surface area contributed by atoms with E-state index in [1.807, 2.05) is 12.1 Å². The SMILES string of the molecule is CC(C)CCOCc1ccccc1B(O)O. The van der Waals surface area contributed by atoms with Crippen LogP contribution in [0, 0.1) is 5.92 Å². The summed E-state index contributed by atoms with van der Waals surface area (Å²) in [6.07, 6.45) is 1.02. The monoisotopic (exact) mass is 222 g/mol. The van der Waals surface area contributed by atoms with Crippen molar-refractivity contribution in [2.45, 2.75) is 26.9 Å². The molecule has 0 aliphatic rings. The van der Waals surface area contributed by atoms with Crippen LogP contribution in [-0.2, 0) is 11.3 Å². The highest BCUT2D eigenvalue weighted by atomic mass is 16.5. The molecule has 0 heterocycles. The summed E-state index contributed by atoms with van der Waals surface area (Å²) in [5.41, 5.74) is 1.35. The zero-order valence-corrected chi connectivity index (χ0v) is 9.89. The van der Waals surface area contributed by atoms with Crippen LogP contribution >= 0.6 is 0 Å². The van der Waals surface area contributed by atoms with E-state index in [1.54, 1.807) is 12.1 Å². The normalized spacial score (nSPS) is 10.8. The maximum Gasteiger partial charge on any atom is 0.488 e. The van der Waals surface area contributed by atoms with E-state index in [4.69, 9.17) is 14.8 Å². The van der Waals surface area contributed by atoms with Crippen LogP contribution in [0.15, 0.2) is 24.3 Å².